The Morgan fingerprint density at radius 1 is 1.62 bits per heavy atom. The number of hydrogen-bond acceptors (Lipinski definition) is 2. The van der Waals surface area contributed by atoms with E-state index in [4.69, 9.17) is 6.57 Å². The first kappa shape index (κ1) is 8.20. The number of nitrogens with zero attached hydrogens (tertiary/aromatic N) is 4. The summed E-state index contributed by atoms with van der Waals surface area (Å²) in [5.74, 6) is 0. The minimum Gasteiger partial charge on any atom is -0.312 e. The van der Waals surface area contributed by atoms with Crippen LogP contribution < -0.4 is 0 Å². The molecule has 0 aromatic carbocycles. The Labute approximate surface area is 83.2 Å². The predicted octanol–water partition coefficient (Wildman–Crippen LogP) is 1.91. The third kappa shape index (κ3) is 1.40. The van der Waals surface area contributed by atoms with E-state index in [0.29, 0.717) is 6.54 Å². The molecule has 0 spiro atoms. The highest BCUT2D eigenvalue weighted by molar-refractivity contribution is 9.10. The molecule has 0 radical (unpaired) electrons. The van der Waals surface area contributed by atoms with Crippen molar-refractivity contribution in [3.05, 3.63) is 40.0 Å². The smallest absolute Gasteiger partial charge is 0.243 e. The Hall–Kier alpha value is -1.41. The Kier molecular flexibility index (Phi) is 1.99. The van der Waals surface area contributed by atoms with Gasteiger partial charge < -0.3 is 4.85 Å². The van der Waals surface area contributed by atoms with Gasteiger partial charge in [-0.05, 0) is 22.0 Å². The van der Waals surface area contributed by atoms with Gasteiger partial charge in [-0.2, -0.15) is 5.10 Å². The Balaban J connectivity index is 2.71. The third-order valence-electron chi connectivity index (χ3n) is 1.67. The molecule has 0 N–H and O–H groups in total. The summed E-state index contributed by atoms with van der Waals surface area (Å²) in [6, 6.07) is 1.89. The molecule has 0 fully saturated rings. The molecule has 4 nitrogen and oxygen atoms in total. The second-order valence-electron chi connectivity index (χ2n) is 2.53. The highest BCUT2D eigenvalue weighted by Gasteiger charge is 2.06. The molecular weight excluding hydrogens is 232 g/mol. The lowest BCUT2D eigenvalue weighted by Crippen LogP contribution is -1.92. The second-order valence-corrected chi connectivity index (χ2v) is 3.44. The van der Waals surface area contributed by atoms with Gasteiger partial charge in [0.25, 0.3) is 0 Å². The molecule has 2 aromatic heterocycles. The highest BCUT2D eigenvalue weighted by Crippen LogP contribution is 2.16. The number of pyridine rings is 1. The minimum absolute atomic E-state index is 0.335. The van der Waals surface area contributed by atoms with Gasteiger partial charge in [0.2, 0.25) is 6.54 Å². The van der Waals surface area contributed by atoms with E-state index in [9.17, 15) is 0 Å². The molecule has 0 amide bonds. The van der Waals surface area contributed by atoms with Gasteiger partial charge in [0, 0.05) is 10.7 Å². The summed E-state index contributed by atoms with van der Waals surface area (Å²) in [4.78, 5) is 7.39. The SMILES string of the molecule is [C-]#[N+]Cc1cc(Br)cn2ncnc12. The van der Waals surface area contributed by atoms with Crippen molar-refractivity contribution < 1.29 is 0 Å². The number of aromatic nitrogens is 3. The van der Waals surface area contributed by atoms with Gasteiger partial charge >= 0.3 is 0 Å². The standard InChI is InChI=1S/C8H5BrN4/c1-10-3-6-2-7(9)4-13-8(6)11-5-12-13/h2,4-5H,3H2. The Bertz CT molecular complexity index is 482. The molecule has 5 heteroatoms. The van der Waals surface area contributed by atoms with Crippen molar-refractivity contribution in [2.45, 2.75) is 6.54 Å². The van der Waals surface area contributed by atoms with Crippen LogP contribution in [-0.4, -0.2) is 14.6 Å². The molecule has 0 atom stereocenters. The van der Waals surface area contributed by atoms with Crippen LogP contribution >= 0.6 is 15.9 Å². The quantitative estimate of drug-likeness (QED) is 0.710. The van der Waals surface area contributed by atoms with Gasteiger partial charge in [-0.3, -0.25) is 0 Å². The first-order valence-electron chi connectivity index (χ1n) is 3.62. The first-order chi connectivity index (χ1) is 6.31. The van der Waals surface area contributed by atoms with Crippen LogP contribution in [0.1, 0.15) is 5.56 Å². The summed E-state index contributed by atoms with van der Waals surface area (Å²) in [5.41, 5.74) is 1.64. The van der Waals surface area contributed by atoms with Crippen LogP contribution in [0.4, 0.5) is 0 Å². The monoisotopic (exact) mass is 236 g/mol. The molecule has 0 saturated heterocycles. The van der Waals surface area contributed by atoms with Gasteiger partial charge in [-0.1, -0.05) is 0 Å². The second kappa shape index (κ2) is 3.15. The molecule has 0 unspecified atom stereocenters. The Morgan fingerprint density at radius 2 is 2.46 bits per heavy atom. The summed E-state index contributed by atoms with van der Waals surface area (Å²) in [7, 11) is 0. The average Bonchev–Trinajstić information content (AvgIpc) is 2.52. The summed E-state index contributed by atoms with van der Waals surface area (Å²) in [5, 5.41) is 4.00. The van der Waals surface area contributed by atoms with Crippen molar-refractivity contribution in [2.24, 2.45) is 0 Å². The maximum absolute atomic E-state index is 6.79. The maximum atomic E-state index is 6.79. The fourth-order valence-electron chi connectivity index (χ4n) is 1.16. The lowest BCUT2D eigenvalue weighted by Gasteiger charge is -1.97. The molecule has 0 saturated carbocycles. The molecule has 2 aromatic rings. The van der Waals surface area contributed by atoms with E-state index in [-0.39, 0.29) is 0 Å². The number of hydrogen-bond donors (Lipinski definition) is 0. The summed E-state index contributed by atoms with van der Waals surface area (Å²) < 4.78 is 2.56. The zero-order chi connectivity index (χ0) is 9.26. The van der Waals surface area contributed by atoms with E-state index < -0.39 is 0 Å². The lowest BCUT2D eigenvalue weighted by atomic mass is 10.3. The van der Waals surface area contributed by atoms with E-state index in [0.717, 1.165) is 15.7 Å². The fourth-order valence-corrected chi connectivity index (χ4v) is 1.63. The van der Waals surface area contributed by atoms with Crippen molar-refractivity contribution in [3.63, 3.8) is 0 Å². The molecule has 13 heavy (non-hydrogen) atoms. The highest BCUT2D eigenvalue weighted by atomic mass is 79.9. The molecule has 2 heterocycles. The summed E-state index contributed by atoms with van der Waals surface area (Å²) in [6.07, 6.45) is 3.30. The molecule has 0 aliphatic heterocycles. The zero-order valence-electron chi connectivity index (χ0n) is 6.61. The maximum Gasteiger partial charge on any atom is 0.243 e. The van der Waals surface area contributed by atoms with Crippen LogP contribution in [-0.2, 0) is 6.54 Å². The van der Waals surface area contributed by atoms with E-state index in [2.05, 4.69) is 30.9 Å². The van der Waals surface area contributed by atoms with Gasteiger partial charge in [0.05, 0.1) is 5.56 Å². The third-order valence-corrected chi connectivity index (χ3v) is 2.10. The van der Waals surface area contributed by atoms with Crippen LogP contribution in [0.2, 0.25) is 0 Å². The lowest BCUT2D eigenvalue weighted by molar-refractivity contribution is 0.946. The van der Waals surface area contributed by atoms with Crippen LogP contribution in [0.15, 0.2) is 23.1 Å². The van der Waals surface area contributed by atoms with Crippen LogP contribution in [0.5, 0.6) is 0 Å². The fraction of sp³-hybridized carbons (Fsp3) is 0.125. The van der Waals surface area contributed by atoms with Crippen molar-refractivity contribution in [1.29, 1.82) is 0 Å². The predicted molar refractivity (Wildman–Crippen MR) is 51.0 cm³/mol. The van der Waals surface area contributed by atoms with Gasteiger partial charge in [-0.15, -0.1) is 0 Å². The molecular formula is C8H5BrN4. The van der Waals surface area contributed by atoms with Crippen LogP contribution in [0, 0.1) is 6.57 Å². The largest absolute Gasteiger partial charge is 0.312 e. The minimum atomic E-state index is 0.335. The van der Waals surface area contributed by atoms with Gasteiger partial charge in [-0.25, -0.2) is 16.1 Å². The van der Waals surface area contributed by atoms with E-state index in [1.165, 1.54) is 6.33 Å². The van der Waals surface area contributed by atoms with E-state index in [1.54, 1.807) is 4.52 Å². The number of halogens is 1. The van der Waals surface area contributed by atoms with Crippen molar-refractivity contribution in [3.8, 4) is 0 Å². The normalized spacial score (nSPS) is 10.2. The van der Waals surface area contributed by atoms with Crippen LogP contribution in [0.25, 0.3) is 10.5 Å². The van der Waals surface area contributed by atoms with E-state index >= 15 is 0 Å². The molecule has 0 bridgehead atoms. The van der Waals surface area contributed by atoms with Crippen molar-refractivity contribution in [2.75, 3.05) is 0 Å². The molecule has 64 valence electrons. The van der Waals surface area contributed by atoms with Crippen molar-refractivity contribution >= 4 is 21.6 Å². The summed E-state index contributed by atoms with van der Waals surface area (Å²) >= 11 is 3.35. The Morgan fingerprint density at radius 3 is 3.23 bits per heavy atom. The summed E-state index contributed by atoms with van der Waals surface area (Å²) in [6.45, 7) is 7.13. The van der Waals surface area contributed by atoms with Crippen molar-refractivity contribution in [1.82, 2.24) is 14.6 Å². The zero-order valence-corrected chi connectivity index (χ0v) is 8.19. The topological polar surface area (TPSA) is 34.5 Å². The average molecular weight is 237 g/mol. The van der Waals surface area contributed by atoms with Gasteiger partial charge in [0.15, 0.2) is 5.65 Å². The molecule has 0 aliphatic carbocycles. The number of rotatable bonds is 1. The molecule has 2 rings (SSSR count). The first-order valence-corrected chi connectivity index (χ1v) is 4.41. The van der Waals surface area contributed by atoms with Crippen LogP contribution in [0.3, 0.4) is 0 Å². The number of fused-ring (bicyclic) bond motifs is 1. The van der Waals surface area contributed by atoms with Gasteiger partial charge in [0.1, 0.15) is 6.33 Å². The molecule has 0 aliphatic rings. The van der Waals surface area contributed by atoms with E-state index in [1.807, 2.05) is 12.3 Å².